The molecular formula is C20H26F3N3O3S. The van der Waals surface area contributed by atoms with E-state index in [1.54, 1.807) is 5.32 Å². The predicted molar refractivity (Wildman–Crippen MR) is 108 cm³/mol. The Morgan fingerprint density at radius 3 is 2.27 bits per heavy atom. The molecule has 0 saturated heterocycles. The molecular weight excluding hydrogens is 419 g/mol. The summed E-state index contributed by atoms with van der Waals surface area (Å²) in [6, 6.07) is 8.88. The Balaban J connectivity index is 2.22. The summed E-state index contributed by atoms with van der Waals surface area (Å²) in [5.74, 6) is -1.00. The number of hydrogen-bond acceptors (Lipinski definition) is 3. The first-order valence-corrected chi connectivity index (χ1v) is 10.6. The molecule has 0 aliphatic heterocycles. The van der Waals surface area contributed by atoms with Gasteiger partial charge in [-0.3, -0.25) is 4.79 Å². The highest BCUT2D eigenvalue weighted by Gasteiger charge is 2.32. The van der Waals surface area contributed by atoms with Gasteiger partial charge in [0.05, 0.1) is 0 Å². The maximum atomic E-state index is 13.0. The van der Waals surface area contributed by atoms with E-state index < -0.39 is 34.1 Å². The van der Waals surface area contributed by atoms with Crippen LogP contribution in [0.4, 0.5) is 13.2 Å². The van der Waals surface area contributed by atoms with Gasteiger partial charge >= 0.3 is 6.18 Å². The van der Waals surface area contributed by atoms with E-state index in [9.17, 15) is 26.4 Å². The Kier molecular flexibility index (Phi) is 6.72. The minimum absolute atomic E-state index is 0.163. The molecule has 10 heteroatoms. The Labute approximate surface area is 174 Å². The third-order valence-corrected chi connectivity index (χ3v) is 6.59. The van der Waals surface area contributed by atoms with Gasteiger partial charge in [0.2, 0.25) is 10.0 Å². The van der Waals surface area contributed by atoms with Crippen LogP contribution in [0.5, 0.6) is 0 Å². The molecule has 1 heterocycles. The molecule has 2 rings (SSSR count). The molecule has 166 valence electrons. The molecule has 0 aliphatic rings. The maximum Gasteiger partial charge on any atom is 0.405 e. The number of nitrogens with zero attached hydrogens (tertiary/aromatic N) is 2. The number of aromatic nitrogens is 1. The molecule has 0 unspecified atom stereocenters. The smallest absolute Gasteiger partial charge is 0.345 e. The molecule has 6 nitrogen and oxygen atoms in total. The summed E-state index contributed by atoms with van der Waals surface area (Å²) in [4.78, 5) is 11.9. The van der Waals surface area contributed by atoms with Gasteiger partial charge < -0.3 is 9.88 Å². The van der Waals surface area contributed by atoms with Crippen molar-refractivity contribution in [3.05, 3.63) is 53.3 Å². The number of hydrogen-bond donors (Lipinski definition) is 1. The summed E-state index contributed by atoms with van der Waals surface area (Å²) < 4.78 is 65.4. The van der Waals surface area contributed by atoms with Crippen LogP contribution in [-0.2, 0) is 22.5 Å². The summed E-state index contributed by atoms with van der Waals surface area (Å²) in [6.07, 6.45) is -3.34. The summed E-state index contributed by atoms with van der Waals surface area (Å²) in [5, 5.41) is 1.74. The van der Waals surface area contributed by atoms with Crippen LogP contribution < -0.4 is 5.32 Å². The van der Waals surface area contributed by atoms with Gasteiger partial charge in [-0.25, -0.2) is 12.7 Å². The molecule has 2 aromatic rings. The number of likely N-dealkylation sites (N-methyl/N-ethyl adjacent to an activating group) is 1. The second kappa shape index (κ2) is 8.43. The zero-order chi connectivity index (χ0) is 22.9. The largest absolute Gasteiger partial charge is 0.405 e. The average molecular weight is 446 g/mol. The van der Waals surface area contributed by atoms with Gasteiger partial charge in [-0.2, -0.15) is 13.2 Å². The summed E-state index contributed by atoms with van der Waals surface area (Å²) >= 11 is 0. The van der Waals surface area contributed by atoms with Crippen molar-refractivity contribution in [1.82, 2.24) is 14.2 Å². The normalized spacial score (nSPS) is 13.0. The predicted octanol–water partition coefficient (Wildman–Crippen LogP) is 3.22. The quantitative estimate of drug-likeness (QED) is 0.711. The number of amides is 1. The van der Waals surface area contributed by atoms with Crippen LogP contribution in [0.1, 0.15) is 35.5 Å². The maximum absolute atomic E-state index is 13.0. The van der Waals surface area contributed by atoms with E-state index in [1.807, 2.05) is 45.0 Å². The van der Waals surface area contributed by atoms with E-state index in [0.29, 0.717) is 0 Å². The molecule has 0 aliphatic carbocycles. The molecule has 0 bridgehead atoms. The number of benzene rings is 1. The fourth-order valence-corrected chi connectivity index (χ4v) is 4.49. The summed E-state index contributed by atoms with van der Waals surface area (Å²) in [7, 11) is -1.12. The van der Waals surface area contributed by atoms with E-state index in [2.05, 4.69) is 0 Å². The Bertz CT molecular complexity index is 1010. The Morgan fingerprint density at radius 1 is 1.17 bits per heavy atom. The van der Waals surface area contributed by atoms with Crippen molar-refractivity contribution in [1.29, 1.82) is 0 Å². The average Bonchev–Trinajstić information content (AvgIpc) is 3.01. The van der Waals surface area contributed by atoms with Crippen molar-refractivity contribution in [2.45, 2.75) is 37.3 Å². The first-order valence-electron chi connectivity index (χ1n) is 9.18. The molecule has 0 atom stereocenters. The summed E-state index contributed by atoms with van der Waals surface area (Å²) in [6.45, 7) is 4.48. The van der Waals surface area contributed by atoms with E-state index in [-0.39, 0.29) is 17.1 Å². The number of aryl methyl sites for hydroxylation is 2. The van der Waals surface area contributed by atoms with E-state index >= 15 is 0 Å². The van der Waals surface area contributed by atoms with Crippen LogP contribution in [0.25, 0.3) is 0 Å². The molecule has 1 aromatic heterocycles. The van der Waals surface area contributed by atoms with Gasteiger partial charge in [0.15, 0.2) is 0 Å². The van der Waals surface area contributed by atoms with Gasteiger partial charge in [-0.1, -0.05) is 43.7 Å². The highest BCUT2D eigenvalue weighted by atomic mass is 32.2. The molecule has 0 saturated carbocycles. The van der Waals surface area contributed by atoms with Crippen molar-refractivity contribution in [2.24, 2.45) is 7.05 Å². The van der Waals surface area contributed by atoms with Crippen LogP contribution >= 0.6 is 0 Å². The van der Waals surface area contributed by atoms with Gasteiger partial charge in [0.1, 0.15) is 17.1 Å². The number of rotatable bonds is 7. The molecule has 1 aromatic carbocycles. The molecule has 30 heavy (non-hydrogen) atoms. The van der Waals surface area contributed by atoms with Gasteiger partial charge in [0, 0.05) is 32.3 Å². The van der Waals surface area contributed by atoms with Crippen LogP contribution in [0.3, 0.4) is 0 Å². The highest BCUT2D eigenvalue weighted by molar-refractivity contribution is 7.89. The van der Waals surface area contributed by atoms with Crippen molar-refractivity contribution in [2.75, 3.05) is 20.1 Å². The third kappa shape index (κ3) is 5.63. The van der Waals surface area contributed by atoms with Crippen LogP contribution in [0.15, 0.2) is 41.4 Å². The highest BCUT2D eigenvalue weighted by Crippen LogP contribution is 2.27. The third-order valence-electron chi connectivity index (χ3n) is 4.82. The van der Waals surface area contributed by atoms with Crippen molar-refractivity contribution in [3.8, 4) is 0 Å². The standard InChI is InChI=1S/C20H26F3N3O3S/c1-14-6-8-15(9-7-14)19(2,3)13-26(5)30(28,29)16-10-17(25(4)11-16)18(27)24-12-20(21,22)23/h6-11H,12-13H2,1-5H3,(H,24,27). The number of carbonyl (C=O) groups excluding carboxylic acids is 1. The minimum Gasteiger partial charge on any atom is -0.345 e. The number of halogens is 3. The van der Waals surface area contributed by atoms with Crippen molar-refractivity contribution < 1.29 is 26.4 Å². The lowest BCUT2D eigenvalue weighted by molar-refractivity contribution is -0.123. The van der Waals surface area contributed by atoms with E-state index in [1.165, 1.54) is 29.2 Å². The lowest BCUT2D eigenvalue weighted by Crippen LogP contribution is -2.38. The van der Waals surface area contributed by atoms with Crippen LogP contribution in [0.2, 0.25) is 0 Å². The monoisotopic (exact) mass is 445 g/mol. The second-order valence-electron chi connectivity index (χ2n) is 7.98. The summed E-state index contributed by atoms with van der Waals surface area (Å²) in [5.41, 5.74) is 1.40. The SMILES string of the molecule is Cc1ccc(C(C)(C)CN(C)S(=O)(=O)c2cc(C(=O)NCC(F)(F)F)n(C)c2)cc1. The second-order valence-corrected chi connectivity index (χ2v) is 10.0. The van der Waals surface area contributed by atoms with Crippen molar-refractivity contribution in [3.63, 3.8) is 0 Å². The number of carbonyl (C=O) groups is 1. The number of alkyl halides is 3. The molecule has 0 radical (unpaired) electrons. The lowest BCUT2D eigenvalue weighted by atomic mass is 9.84. The minimum atomic E-state index is -4.56. The topological polar surface area (TPSA) is 71.4 Å². The van der Waals surface area contributed by atoms with Gasteiger partial charge in [-0.15, -0.1) is 0 Å². The Hall–Kier alpha value is -2.33. The molecule has 0 fully saturated rings. The van der Waals surface area contributed by atoms with Crippen molar-refractivity contribution >= 4 is 15.9 Å². The fraction of sp³-hybridized carbons (Fsp3) is 0.450. The van der Waals surface area contributed by atoms with Crippen LogP contribution in [-0.4, -0.2) is 49.5 Å². The van der Waals surface area contributed by atoms with E-state index in [4.69, 9.17) is 0 Å². The fourth-order valence-electron chi connectivity index (χ4n) is 3.09. The zero-order valence-corrected chi connectivity index (χ0v) is 18.4. The zero-order valence-electron chi connectivity index (χ0n) is 17.5. The van der Waals surface area contributed by atoms with Gasteiger partial charge in [0.25, 0.3) is 5.91 Å². The molecule has 0 spiro atoms. The molecule has 1 amide bonds. The van der Waals surface area contributed by atoms with Gasteiger partial charge in [-0.05, 0) is 18.6 Å². The lowest BCUT2D eigenvalue weighted by Gasteiger charge is -2.30. The number of nitrogens with one attached hydrogen (secondary N) is 1. The number of sulfonamides is 1. The van der Waals surface area contributed by atoms with E-state index in [0.717, 1.165) is 17.2 Å². The Morgan fingerprint density at radius 2 is 1.73 bits per heavy atom. The first-order chi connectivity index (χ1) is 13.6. The first kappa shape index (κ1) is 23.9. The molecule has 1 N–H and O–H groups in total. The van der Waals surface area contributed by atoms with Crippen LogP contribution in [0, 0.1) is 6.92 Å².